The summed E-state index contributed by atoms with van der Waals surface area (Å²) in [5.41, 5.74) is 2.58. The number of ether oxygens (including phenoxy) is 1. The fourth-order valence-corrected chi connectivity index (χ4v) is 3.56. The molecular weight excluding hydrogens is 316 g/mol. The minimum Gasteiger partial charge on any atom is -0.468 e. The third kappa shape index (κ3) is 3.89. The van der Waals surface area contributed by atoms with Gasteiger partial charge in [-0.25, -0.2) is 4.79 Å². The standard InChI is InChI=1S/C19H22N4O2/c1-22-12-16(11-21-22)8-15-6-7-23(13-15)18(19(24)25-2)17-5-3-4-14(9-17)10-20/h3-5,9,11-12,15,18H,6-8,13H2,1-2H3. The maximum absolute atomic E-state index is 12.4. The van der Waals surface area contributed by atoms with E-state index in [1.165, 1.54) is 12.7 Å². The van der Waals surface area contributed by atoms with Crippen molar-refractivity contribution in [1.29, 1.82) is 5.26 Å². The molecule has 2 aromatic rings. The lowest BCUT2D eigenvalue weighted by atomic mass is 10.0. The summed E-state index contributed by atoms with van der Waals surface area (Å²) in [6, 6.07) is 8.89. The van der Waals surface area contributed by atoms with Gasteiger partial charge in [0.25, 0.3) is 0 Å². The fourth-order valence-electron chi connectivity index (χ4n) is 3.56. The van der Waals surface area contributed by atoms with Crippen LogP contribution in [0.5, 0.6) is 0 Å². The first-order valence-corrected chi connectivity index (χ1v) is 8.40. The molecule has 1 saturated heterocycles. The second kappa shape index (κ2) is 7.49. The van der Waals surface area contributed by atoms with E-state index in [2.05, 4.69) is 16.1 Å². The van der Waals surface area contributed by atoms with Crippen molar-refractivity contribution in [2.24, 2.45) is 13.0 Å². The smallest absolute Gasteiger partial charge is 0.327 e. The van der Waals surface area contributed by atoms with Crippen LogP contribution < -0.4 is 0 Å². The van der Waals surface area contributed by atoms with Crippen molar-refractivity contribution in [2.75, 3.05) is 20.2 Å². The summed E-state index contributed by atoms with van der Waals surface area (Å²) in [6.07, 6.45) is 5.92. The van der Waals surface area contributed by atoms with Crippen molar-refractivity contribution >= 4 is 5.97 Å². The lowest BCUT2D eigenvalue weighted by molar-refractivity contribution is -0.147. The fraction of sp³-hybridized carbons (Fsp3) is 0.421. The number of esters is 1. The highest BCUT2D eigenvalue weighted by Gasteiger charge is 2.34. The molecule has 0 N–H and O–H groups in total. The van der Waals surface area contributed by atoms with Crippen LogP contribution in [-0.2, 0) is 23.0 Å². The van der Waals surface area contributed by atoms with Gasteiger partial charge in [0.2, 0.25) is 0 Å². The van der Waals surface area contributed by atoms with Gasteiger partial charge in [0, 0.05) is 19.8 Å². The van der Waals surface area contributed by atoms with Crippen LogP contribution in [0.15, 0.2) is 36.7 Å². The predicted molar refractivity (Wildman–Crippen MR) is 92.5 cm³/mol. The van der Waals surface area contributed by atoms with Crippen molar-refractivity contribution in [2.45, 2.75) is 18.9 Å². The van der Waals surface area contributed by atoms with Gasteiger partial charge in [0.05, 0.1) is 24.9 Å². The Labute approximate surface area is 147 Å². The summed E-state index contributed by atoms with van der Waals surface area (Å²) in [5.74, 6) is 0.202. The lowest BCUT2D eigenvalue weighted by Gasteiger charge is -2.26. The van der Waals surface area contributed by atoms with Crippen LogP contribution in [0.1, 0.15) is 29.2 Å². The molecule has 2 atom stereocenters. The summed E-state index contributed by atoms with van der Waals surface area (Å²) >= 11 is 0. The number of aryl methyl sites for hydroxylation is 1. The average Bonchev–Trinajstić information content (AvgIpc) is 3.24. The molecule has 2 heterocycles. The summed E-state index contributed by atoms with van der Waals surface area (Å²) in [6.45, 7) is 1.66. The zero-order chi connectivity index (χ0) is 17.8. The Morgan fingerprint density at radius 2 is 2.36 bits per heavy atom. The highest BCUT2D eigenvalue weighted by Crippen LogP contribution is 2.30. The van der Waals surface area contributed by atoms with E-state index in [4.69, 9.17) is 10.00 Å². The second-order valence-corrected chi connectivity index (χ2v) is 6.54. The zero-order valence-corrected chi connectivity index (χ0v) is 14.6. The first-order valence-electron chi connectivity index (χ1n) is 8.40. The molecule has 0 spiro atoms. The minimum atomic E-state index is -0.461. The molecule has 0 bridgehead atoms. The normalized spacial score (nSPS) is 18.7. The van der Waals surface area contributed by atoms with Gasteiger partial charge in [-0.1, -0.05) is 12.1 Å². The molecule has 1 aliphatic rings. The van der Waals surface area contributed by atoms with E-state index in [9.17, 15) is 4.79 Å². The van der Waals surface area contributed by atoms with Crippen molar-refractivity contribution < 1.29 is 9.53 Å². The zero-order valence-electron chi connectivity index (χ0n) is 14.6. The van der Waals surface area contributed by atoms with E-state index in [0.717, 1.165) is 31.5 Å². The van der Waals surface area contributed by atoms with Gasteiger partial charge in [-0.05, 0) is 48.6 Å². The molecule has 1 aromatic heterocycles. The predicted octanol–water partition coefficient (Wildman–Crippen LogP) is 2.07. The highest BCUT2D eigenvalue weighted by atomic mass is 16.5. The van der Waals surface area contributed by atoms with E-state index in [-0.39, 0.29) is 5.97 Å². The molecule has 0 amide bonds. The molecule has 2 unspecified atom stereocenters. The molecule has 25 heavy (non-hydrogen) atoms. The first-order chi connectivity index (χ1) is 12.1. The molecule has 3 rings (SSSR count). The summed E-state index contributed by atoms with van der Waals surface area (Å²) < 4.78 is 6.84. The molecule has 6 heteroatoms. The largest absolute Gasteiger partial charge is 0.468 e. The molecule has 1 aliphatic heterocycles. The Bertz CT molecular complexity index is 793. The SMILES string of the molecule is COC(=O)C(c1cccc(C#N)c1)N1CCC(Cc2cnn(C)c2)C1. The van der Waals surface area contributed by atoms with Gasteiger partial charge in [-0.2, -0.15) is 10.4 Å². The molecule has 0 saturated carbocycles. The monoisotopic (exact) mass is 338 g/mol. The summed E-state index contributed by atoms with van der Waals surface area (Å²) in [7, 11) is 3.33. The number of likely N-dealkylation sites (tertiary alicyclic amines) is 1. The molecule has 0 aliphatic carbocycles. The van der Waals surface area contributed by atoms with Crippen molar-refractivity contribution in [3.8, 4) is 6.07 Å². The van der Waals surface area contributed by atoms with Crippen LogP contribution in [0.4, 0.5) is 0 Å². The van der Waals surface area contributed by atoms with Gasteiger partial charge in [0.1, 0.15) is 6.04 Å². The van der Waals surface area contributed by atoms with Gasteiger partial charge < -0.3 is 4.74 Å². The number of benzene rings is 1. The van der Waals surface area contributed by atoms with Crippen LogP contribution >= 0.6 is 0 Å². The van der Waals surface area contributed by atoms with Gasteiger partial charge in [-0.3, -0.25) is 9.58 Å². The van der Waals surface area contributed by atoms with E-state index in [1.807, 2.05) is 36.3 Å². The van der Waals surface area contributed by atoms with E-state index in [0.29, 0.717) is 11.5 Å². The Morgan fingerprint density at radius 3 is 3.04 bits per heavy atom. The summed E-state index contributed by atoms with van der Waals surface area (Å²) in [5, 5.41) is 13.3. The quantitative estimate of drug-likeness (QED) is 0.781. The summed E-state index contributed by atoms with van der Waals surface area (Å²) in [4.78, 5) is 14.6. The van der Waals surface area contributed by atoms with Gasteiger partial charge in [0.15, 0.2) is 0 Å². The van der Waals surface area contributed by atoms with Crippen molar-refractivity contribution in [3.63, 3.8) is 0 Å². The lowest BCUT2D eigenvalue weighted by Crippen LogP contribution is -2.33. The van der Waals surface area contributed by atoms with Crippen LogP contribution in [0.3, 0.4) is 0 Å². The maximum atomic E-state index is 12.4. The number of methoxy groups -OCH3 is 1. The van der Waals surface area contributed by atoms with Crippen LogP contribution in [-0.4, -0.2) is 40.8 Å². The Balaban J connectivity index is 1.76. The third-order valence-electron chi connectivity index (χ3n) is 4.72. The molecule has 130 valence electrons. The van der Waals surface area contributed by atoms with Gasteiger partial charge >= 0.3 is 5.97 Å². The number of nitrogens with zero attached hydrogens (tertiary/aromatic N) is 4. The van der Waals surface area contributed by atoms with E-state index in [1.54, 1.807) is 12.1 Å². The number of hydrogen-bond acceptors (Lipinski definition) is 5. The van der Waals surface area contributed by atoms with E-state index < -0.39 is 6.04 Å². The molecule has 6 nitrogen and oxygen atoms in total. The number of aromatic nitrogens is 2. The molecule has 0 radical (unpaired) electrons. The maximum Gasteiger partial charge on any atom is 0.327 e. The minimum absolute atomic E-state index is 0.280. The molecule has 1 aromatic carbocycles. The Hall–Kier alpha value is -2.65. The second-order valence-electron chi connectivity index (χ2n) is 6.54. The van der Waals surface area contributed by atoms with Crippen LogP contribution in [0.2, 0.25) is 0 Å². The number of hydrogen-bond donors (Lipinski definition) is 0. The number of carbonyl (C=O) groups is 1. The first kappa shape index (κ1) is 17.2. The number of carbonyl (C=O) groups excluding carboxylic acids is 1. The number of rotatable bonds is 5. The molecule has 1 fully saturated rings. The van der Waals surface area contributed by atoms with E-state index >= 15 is 0 Å². The highest BCUT2D eigenvalue weighted by molar-refractivity contribution is 5.77. The molecular formula is C19H22N4O2. The topological polar surface area (TPSA) is 71.2 Å². The van der Waals surface area contributed by atoms with Crippen LogP contribution in [0, 0.1) is 17.2 Å². The third-order valence-corrected chi connectivity index (χ3v) is 4.72. The van der Waals surface area contributed by atoms with Crippen molar-refractivity contribution in [1.82, 2.24) is 14.7 Å². The Morgan fingerprint density at radius 1 is 1.52 bits per heavy atom. The van der Waals surface area contributed by atoms with Crippen LogP contribution in [0.25, 0.3) is 0 Å². The van der Waals surface area contributed by atoms with Crippen molar-refractivity contribution in [3.05, 3.63) is 53.3 Å². The Kier molecular flexibility index (Phi) is 5.15. The average molecular weight is 338 g/mol. The van der Waals surface area contributed by atoms with Gasteiger partial charge in [-0.15, -0.1) is 0 Å². The number of nitriles is 1.